The van der Waals surface area contributed by atoms with Gasteiger partial charge in [-0.3, -0.25) is 4.79 Å². The summed E-state index contributed by atoms with van der Waals surface area (Å²) in [6.07, 6.45) is -3.80. The second-order valence-corrected chi connectivity index (χ2v) is 8.86. The van der Waals surface area contributed by atoms with Crippen molar-refractivity contribution in [2.45, 2.75) is 24.6 Å². The zero-order valence-corrected chi connectivity index (χ0v) is 21.4. The van der Waals surface area contributed by atoms with Crippen LogP contribution in [0.15, 0.2) is 48.8 Å². The van der Waals surface area contributed by atoms with Gasteiger partial charge in [0.15, 0.2) is 18.0 Å². The Labute approximate surface area is 224 Å². The Balaban J connectivity index is 1.62. The summed E-state index contributed by atoms with van der Waals surface area (Å²) in [4.78, 5) is 32.0. The molecule has 0 fully saturated rings. The Morgan fingerprint density at radius 1 is 1.15 bits per heavy atom. The first-order valence-electron chi connectivity index (χ1n) is 11.2. The number of hydrogen-bond donors (Lipinski definition) is 1. The second kappa shape index (κ2) is 10.6. The number of benzene rings is 2. The molecule has 1 aliphatic heterocycles. The van der Waals surface area contributed by atoms with E-state index in [4.69, 9.17) is 25.8 Å². The third-order valence-electron chi connectivity index (χ3n) is 6.16. The van der Waals surface area contributed by atoms with Crippen LogP contribution >= 0.6 is 11.6 Å². The van der Waals surface area contributed by atoms with Crippen molar-refractivity contribution < 1.29 is 46.8 Å². The number of halogens is 4. The van der Waals surface area contributed by atoms with Crippen molar-refractivity contribution in [2.75, 3.05) is 25.7 Å². The van der Waals surface area contributed by atoms with E-state index in [0.717, 1.165) is 31.6 Å². The van der Waals surface area contributed by atoms with Crippen LogP contribution in [-0.2, 0) is 15.1 Å². The Hall–Kier alpha value is -4.10. The molecule has 0 spiro atoms. The van der Waals surface area contributed by atoms with Gasteiger partial charge in [0.25, 0.3) is 5.91 Å². The number of methoxy groups -OCH3 is 1. The molecule has 14 heteroatoms. The van der Waals surface area contributed by atoms with E-state index < -0.39 is 35.3 Å². The van der Waals surface area contributed by atoms with Gasteiger partial charge in [-0.2, -0.15) is 23.1 Å². The molecule has 3 aromatic rings. The maximum absolute atomic E-state index is 14.5. The molecular formula is C25H21ClF3N3O7. The molecule has 1 aromatic heterocycles. The fourth-order valence-electron chi connectivity index (χ4n) is 3.97. The Bertz CT molecular complexity index is 1400. The number of rotatable bonds is 6. The largest absolute Gasteiger partial charge is 0.513 e. The fraction of sp³-hybridized carbons (Fsp3) is 0.280. The number of nitrogens with zero attached hydrogens (tertiary/aromatic N) is 3. The minimum atomic E-state index is -5.13. The maximum Gasteiger partial charge on any atom is 0.513 e. The SMILES string of the molecule is COC(=O)Oc1cnc(Oc2ccc(C(C)C(O)(c3ccc4c(c3)N(C)C(=O)CO4)C(F)(F)F)c(Cl)c2)nc1. The summed E-state index contributed by atoms with van der Waals surface area (Å²) in [5.41, 5.74) is -3.81. The molecular weight excluding hydrogens is 547 g/mol. The number of alkyl halides is 3. The molecule has 206 valence electrons. The maximum atomic E-state index is 14.5. The summed E-state index contributed by atoms with van der Waals surface area (Å²) in [5.74, 6) is -1.74. The minimum absolute atomic E-state index is 0.00728. The number of aromatic nitrogens is 2. The molecule has 0 aliphatic carbocycles. The summed E-state index contributed by atoms with van der Waals surface area (Å²) >= 11 is 6.35. The van der Waals surface area contributed by atoms with Crippen LogP contribution in [0.2, 0.25) is 5.02 Å². The molecule has 0 bridgehead atoms. The number of carbonyl (C=O) groups excluding carboxylic acids is 2. The molecule has 2 heterocycles. The van der Waals surface area contributed by atoms with Crippen molar-refractivity contribution in [3.8, 4) is 23.3 Å². The number of amides is 1. The smallest absolute Gasteiger partial charge is 0.482 e. The minimum Gasteiger partial charge on any atom is -0.482 e. The molecule has 1 amide bonds. The highest BCUT2D eigenvalue weighted by Gasteiger charge is 2.59. The van der Waals surface area contributed by atoms with E-state index in [-0.39, 0.29) is 46.1 Å². The van der Waals surface area contributed by atoms with Gasteiger partial charge in [-0.1, -0.05) is 30.7 Å². The third-order valence-corrected chi connectivity index (χ3v) is 6.49. The number of anilines is 1. The summed E-state index contributed by atoms with van der Waals surface area (Å²) in [5, 5.41) is 11.1. The molecule has 1 N–H and O–H groups in total. The monoisotopic (exact) mass is 567 g/mol. The predicted octanol–water partition coefficient (Wildman–Crippen LogP) is 4.98. The average molecular weight is 568 g/mol. The van der Waals surface area contributed by atoms with Gasteiger partial charge in [0.1, 0.15) is 11.5 Å². The number of fused-ring (bicyclic) bond motifs is 1. The lowest BCUT2D eigenvalue weighted by Gasteiger charge is -2.38. The van der Waals surface area contributed by atoms with E-state index in [1.807, 2.05) is 0 Å². The van der Waals surface area contributed by atoms with Crippen molar-refractivity contribution in [2.24, 2.45) is 0 Å². The molecule has 39 heavy (non-hydrogen) atoms. The van der Waals surface area contributed by atoms with E-state index in [1.54, 1.807) is 0 Å². The van der Waals surface area contributed by atoms with Crippen molar-refractivity contribution in [1.82, 2.24) is 9.97 Å². The Morgan fingerprint density at radius 2 is 1.85 bits per heavy atom. The Kier molecular flexibility index (Phi) is 7.57. The summed E-state index contributed by atoms with van der Waals surface area (Å²) < 4.78 is 63.3. The van der Waals surface area contributed by atoms with Gasteiger partial charge in [-0.25, -0.2) is 4.79 Å². The summed E-state index contributed by atoms with van der Waals surface area (Å²) in [6, 6.07) is 7.16. The lowest BCUT2D eigenvalue weighted by Crippen LogP contribution is -2.47. The van der Waals surface area contributed by atoms with Crippen molar-refractivity contribution in [1.29, 1.82) is 0 Å². The summed E-state index contributed by atoms with van der Waals surface area (Å²) in [6.45, 7) is 0.937. The molecule has 4 rings (SSSR count). The molecule has 0 radical (unpaired) electrons. The number of hydrogen-bond acceptors (Lipinski definition) is 9. The van der Waals surface area contributed by atoms with Gasteiger partial charge in [-0.05, 0) is 35.4 Å². The first-order valence-corrected chi connectivity index (χ1v) is 11.6. The Morgan fingerprint density at radius 3 is 2.46 bits per heavy atom. The normalized spacial score (nSPS) is 15.5. The number of ether oxygens (including phenoxy) is 4. The lowest BCUT2D eigenvalue weighted by atomic mass is 9.77. The highest BCUT2D eigenvalue weighted by atomic mass is 35.5. The zero-order valence-electron chi connectivity index (χ0n) is 20.7. The van der Waals surface area contributed by atoms with Gasteiger partial charge in [-0.15, -0.1) is 0 Å². The highest BCUT2D eigenvalue weighted by molar-refractivity contribution is 6.31. The molecule has 1 aliphatic rings. The van der Waals surface area contributed by atoms with Crippen LogP contribution in [0, 0.1) is 0 Å². The van der Waals surface area contributed by atoms with Crippen LogP contribution in [0.25, 0.3) is 0 Å². The molecule has 0 saturated heterocycles. The van der Waals surface area contributed by atoms with Crippen LogP contribution in [-0.4, -0.2) is 54.1 Å². The van der Waals surface area contributed by atoms with E-state index in [9.17, 15) is 27.9 Å². The van der Waals surface area contributed by atoms with Gasteiger partial charge < -0.3 is 29.0 Å². The molecule has 10 nitrogen and oxygen atoms in total. The number of carbonyl (C=O) groups is 2. The average Bonchev–Trinajstić information content (AvgIpc) is 2.90. The molecule has 2 atom stereocenters. The van der Waals surface area contributed by atoms with E-state index in [0.29, 0.717) is 0 Å². The van der Waals surface area contributed by atoms with E-state index in [1.165, 1.54) is 43.1 Å². The lowest BCUT2D eigenvalue weighted by molar-refractivity contribution is -0.274. The van der Waals surface area contributed by atoms with Gasteiger partial charge in [0.2, 0.25) is 0 Å². The summed E-state index contributed by atoms with van der Waals surface area (Å²) in [7, 11) is 2.54. The van der Waals surface area contributed by atoms with E-state index >= 15 is 0 Å². The molecule has 0 saturated carbocycles. The topological polar surface area (TPSA) is 120 Å². The van der Waals surface area contributed by atoms with Crippen molar-refractivity contribution >= 4 is 29.4 Å². The van der Waals surface area contributed by atoms with Crippen LogP contribution in [0.4, 0.5) is 23.7 Å². The third kappa shape index (κ3) is 5.40. The van der Waals surface area contributed by atoms with Gasteiger partial charge in [0.05, 0.1) is 25.2 Å². The zero-order chi connectivity index (χ0) is 28.5. The fourth-order valence-corrected chi connectivity index (χ4v) is 4.30. The predicted molar refractivity (Wildman–Crippen MR) is 130 cm³/mol. The number of aliphatic hydroxyl groups is 1. The van der Waals surface area contributed by atoms with Gasteiger partial charge >= 0.3 is 18.3 Å². The first kappa shape index (κ1) is 27.9. The van der Waals surface area contributed by atoms with Crippen molar-refractivity contribution in [3.63, 3.8) is 0 Å². The quantitative estimate of drug-likeness (QED) is 0.411. The van der Waals surface area contributed by atoms with Crippen LogP contribution in [0.5, 0.6) is 23.3 Å². The van der Waals surface area contributed by atoms with E-state index in [2.05, 4.69) is 14.7 Å². The molecule has 2 aromatic carbocycles. The highest BCUT2D eigenvalue weighted by Crippen LogP contribution is 2.51. The van der Waals surface area contributed by atoms with Crippen LogP contribution in [0.1, 0.15) is 24.0 Å². The van der Waals surface area contributed by atoms with Gasteiger partial charge in [0, 0.05) is 18.0 Å². The second-order valence-electron chi connectivity index (χ2n) is 8.45. The first-order chi connectivity index (χ1) is 18.3. The van der Waals surface area contributed by atoms with Crippen molar-refractivity contribution in [3.05, 3.63) is 64.9 Å². The van der Waals surface area contributed by atoms with Crippen LogP contribution in [0.3, 0.4) is 0 Å². The molecule has 2 unspecified atom stereocenters. The number of likely N-dealkylation sites (N-methyl/N-ethyl adjacent to an activating group) is 1. The standard InChI is InChI=1S/C25H21ClF3N3O7/c1-13(24(35,25(27,28)29)14-4-7-20-19(8-14)32(2)21(33)12-37-20)17-6-5-15(9-18(17)26)38-22-30-10-16(11-31-22)39-23(34)36-3/h4-11,13,35H,12H2,1-3H3. The van der Waals surface area contributed by atoms with Crippen LogP contribution < -0.4 is 19.1 Å².